The second-order valence-electron chi connectivity index (χ2n) is 3.57. The Balaban J connectivity index is 0. The predicted molar refractivity (Wildman–Crippen MR) is 61.5 cm³/mol. The first-order chi connectivity index (χ1) is 5.77. The molecule has 0 atom stereocenters. The maximum atomic E-state index is 5.43. The zero-order chi connectivity index (χ0) is 9.23. The number of nitrogens with two attached hydrogens (primary N) is 2. The lowest BCUT2D eigenvalue weighted by molar-refractivity contribution is 0.538. The monoisotopic (exact) mass is 188 g/mol. The van der Waals surface area contributed by atoms with Crippen LogP contribution in [0.3, 0.4) is 0 Å². The van der Waals surface area contributed by atoms with Crippen LogP contribution >= 0.6 is 0 Å². The average Bonchev–Trinajstić information content (AvgIpc) is 2.02. The molecule has 0 unspecified atom stereocenters. The minimum Gasteiger partial charge on any atom is -0.316 e. The fraction of sp³-hybridized carbons (Fsp3) is 1.00. The molecule has 0 aliphatic heterocycles. The largest absolute Gasteiger partial charge is 0.316 e. The van der Waals surface area contributed by atoms with Gasteiger partial charge in [-0.3, -0.25) is 0 Å². The molecule has 0 aromatic heterocycles. The molecule has 4 N–H and O–H groups in total. The molecule has 0 saturated carbocycles. The third-order valence-electron chi connectivity index (χ3n) is 2.14. The van der Waals surface area contributed by atoms with E-state index in [2.05, 4.69) is 6.92 Å². The average molecular weight is 188 g/mol. The maximum absolute atomic E-state index is 5.43. The van der Waals surface area contributed by atoms with Crippen LogP contribution in [0.1, 0.15) is 65.7 Å². The molecule has 0 aromatic rings. The van der Waals surface area contributed by atoms with Gasteiger partial charge in [-0.05, 0) is 6.42 Å². The first-order valence-electron chi connectivity index (χ1n) is 5.28. The van der Waals surface area contributed by atoms with Crippen LogP contribution in [0.15, 0.2) is 0 Å². The predicted octanol–water partition coefficient (Wildman–Crippen LogP) is 3.01. The molecule has 2 nitrogen and oxygen atoms in total. The smallest absolute Gasteiger partial charge is 0.0520 e. The van der Waals surface area contributed by atoms with Crippen LogP contribution < -0.4 is 11.5 Å². The molecule has 0 aromatic carbocycles. The quantitative estimate of drug-likeness (QED) is 0.454. The van der Waals surface area contributed by atoms with E-state index in [1.807, 2.05) is 0 Å². The van der Waals surface area contributed by atoms with Gasteiger partial charge in [-0.15, -0.1) is 0 Å². The van der Waals surface area contributed by atoms with E-state index < -0.39 is 0 Å². The Labute approximate surface area is 84.1 Å². The topological polar surface area (TPSA) is 52.0 Å². The van der Waals surface area contributed by atoms with Crippen molar-refractivity contribution in [3.05, 3.63) is 0 Å². The van der Waals surface area contributed by atoms with Crippen molar-refractivity contribution in [1.29, 1.82) is 0 Å². The third-order valence-corrected chi connectivity index (χ3v) is 2.14. The maximum Gasteiger partial charge on any atom is 0.0520 e. The normalized spacial score (nSPS) is 10.2. The summed E-state index contributed by atoms with van der Waals surface area (Å²) in [6.07, 6.45) is 10.2. The summed E-state index contributed by atoms with van der Waals surface area (Å²) in [5, 5.41) is 0. The van der Waals surface area contributed by atoms with Crippen molar-refractivity contribution >= 4 is 0 Å². The van der Waals surface area contributed by atoms with Gasteiger partial charge in [-0.1, -0.05) is 59.3 Å². The Morgan fingerprint density at radius 3 is 1.77 bits per heavy atom. The SMILES string of the molecule is C.CCCCCCCCCC(N)N. The van der Waals surface area contributed by atoms with Crippen molar-refractivity contribution < 1.29 is 0 Å². The van der Waals surface area contributed by atoms with Gasteiger partial charge >= 0.3 is 0 Å². The molecule has 0 aliphatic rings. The molecule has 0 bridgehead atoms. The van der Waals surface area contributed by atoms with Crippen LogP contribution in [0.2, 0.25) is 0 Å². The van der Waals surface area contributed by atoms with Gasteiger partial charge in [0.25, 0.3) is 0 Å². The second kappa shape index (κ2) is 11.9. The van der Waals surface area contributed by atoms with Crippen LogP contribution in [0, 0.1) is 0 Å². The number of unbranched alkanes of at least 4 members (excludes halogenated alkanes) is 6. The molecule has 0 amide bonds. The van der Waals surface area contributed by atoms with Crippen molar-refractivity contribution in [3.8, 4) is 0 Å². The molecule has 0 heterocycles. The Morgan fingerprint density at radius 1 is 0.846 bits per heavy atom. The summed E-state index contributed by atoms with van der Waals surface area (Å²) in [5.41, 5.74) is 10.9. The highest BCUT2D eigenvalue weighted by Crippen LogP contribution is 2.08. The van der Waals surface area contributed by atoms with E-state index in [0.29, 0.717) is 0 Å². The molecule has 0 spiro atoms. The number of hydrogen-bond acceptors (Lipinski definition) is 2. The van der Waals surface area contributed by atoms with Gasteiger partial charge in [0, 0.05) is 0 Å². The van der Waals surface area contributed by atoms with Crippen LogP contribution in [0.25, 0.3) is 0 Å². The van der Waals surface area contributed by atoms with Crippen molar-refractivity contribution in [2.75, 3.05) is 0 Å². The Hall–Kier alpha value is -0.0800. The molecular formula is C11H28N2. The lowest BCUT2D eigenvalue weighted by Crippen LogP contribution is -2.29. The summed E-state index contributed by atoms with van der Waals surface area (Å²) in [7, 11) is 0. The highest BCUT2D eigenvalue weighted by Gasteiger charge is 1.94. The van der Waals surface area contributed by atoms with Crippen molar-refractivity contribution in [2.45, 2.75) is 71.9 Å². The highest BCUT2D eigenvalue weighted by atomic mass is 14.8. The zero-order valence-corrected chi connectivity index (χ0v) is 8.39. The van der Waals surface area contributed by atoms with Gasteiger partial charge in [0.05, 0.1) is 6.17 Å². The summed E-state index contributed by atoms with van der Waals surface area (Å²) in [4.78, 5) is 0. The summed E-state index contributed by atoms with van der Waals surface area (Å²) >= 11 is 0. The Morgan fingerprint density at radius 2 is 1.31 bits per heavy atom. The molecule has 82 valence electrons. The summed E-state index contributed by atoms with van der Waals surface area (Å²) in [5.74, 6) is 0. The van der Waals surface area contributed by atoms with E-state index >= 15 is 0 Å². The molecule has 0 rings (SSSR count). The van der Waals surface area contributed by atoms with E-state index in [1.165, 1.54) is 44.9 Å². The number of rotatable bonds is 8. The zero-order valence-electron chi connectivity index (χ0n) is 8.39. The summed E-state index contributed by atoms with van der Waals surface area (Å²) in [6.45, 7) is 2.24. The van der Waals surface area contributed by atoms with E-state index in [1.54, 1.807) is 0 Å². The fourth-order valence-corrected chi connectivity index (χ4v) is 1.34. The van der Waals surface area contributed by atoms with E-state index in [4.69, 9.17) is 11.5 Å². The van der Waals surface area contributed by atoms with Crippen molar-refractivity contribution in [3.63, 3.8) is 0 Å². The third kappa shape index (κ3) is 14.7. The Kier molecular flexibility index (Phi) is 14.1. The first kappa shape index (κ1) is 15.4. The number of hydrogen-bond donors (Lipinski definition) is 2. The van der Waals surface area contributed by atoms with Gasteiger partial charge in [0.15, 0.2) is 0 Å². The molecule has 2 heteroatoms. The molecule has 0 fully saturated rings. The van der Waals surface area contributed by atoms with Crippen LogP contribution in [-0.2, 0) is 0 Å². The lowest BCUT2D eigenvalue weighted by Gasteiger charge is -2.04. The Bertz CT molecular complexity index is 82.2. The fourth-order valence-electron chi connectivity index (χ4n) is 1.34. The standard InChI is InChI=1S/C10H24N2.CH4/c1-2-3-4-5-6-7-8-9-10(11)12;/h10H,2-9,11-12H2,1H3;1H4. The van der Waals surface area contributed by atoms with Gasteiger partial charge in [-0.2, -0.15) is 0 Å². The van der Waals surface area contributed by atoms with E-state index in [-0.39, 0.29) is 13.6 Å². The molecule has 0 saturated heterocycles. The van der Waals surface area contributed by atoms with Gasteiger partial charge in [0.1, 0.15) is 0 Å². The second-order valence-corrected chi connectivity index (χ2v) is 3.57. The molecule has 0 aliphatic carbocycles. The van der Waals surface area contributed by atoms with Gasteiger partial charge in [0.2, 0.25) is 0 Å². The van der Waals surface area contributed by atoms with Crippen LogP contribution in [0.4, 0.5) is 0 Å². The van der Waals surface area contributed by atoms with Crippen molar-refractivity contribution in [1.82, 2.24) is 0 Å². The first-order valence-corrected chi connectivity index (χ1v) is 5.28. The summed E-state index contributed by atoms with van der Waals surface area (Å²) in [6, 6.07) is 0. The minimum absolute atomic E-state index is 0. The van der Waals surface area contributed by atoms with Gasteiger partial charge in [-0.25, -0.2) is 0 Å². The van der Waals surface area contributed by atoms with E-state index in [0.717, 1.165) is 6.42 Å². The molecule has 13 heavy (non-hydrogen) atoms. The minimum atomic E-state index is -0.0966. The van der Waals surface area contributed by atoms with Crippen LogP contribution in [-0.4, -0.2) is 6.17 Å². The van der Waals surface area contributed by atoms with Crippen molar-refractivity contribution in [2.24, 2.45) is 11.5 Å². The highest BCUT2D eigenvalue weighted by molar-refractivity contribution is 4.51. The lowest BCUT2D eigenvalue weighted by atomic mass is 10.1. The van der Waals surface area contributed by atoms with Crippen LogP contribution in [0.5, 0.6) is 0 Å². The van der Waals surface area contributed by atoms with Gasteiger partial charge < -0.3 is 11.5 Å². The summed E-state index contributed by atoms with van der Waals surface area (Å²) < 4.78 is 0. The van der Waals surface area contributed by atoms with E-state index in [9.17, 15) is 0 Å². The molecular weight excluding hydrogens is 160 g/mol. The molecule has 0 radical (unpaired) electrons.